The fraction of sp³-hybridized carbons (Fsp3) is 0.125. The molecule has 0 bridgehead atoms. The van der Waals surface area contributed by atoms with Crippen LogP contribution in [-0.4, -0.2) is 23.6 Å². The molecule has 4 nitrogen and oxygen atoms in total. The average Bonchev–Trinajstić information content (AvgIpc) is 2.08. The van der Waals surface area contributed by atoms with E-state index in [1.54, 1.807) is 25.1 Å². The molecule has 0 aliphatic carbocycles. The summed E-state index contributed by atoms with van der Waals surface area (Å²) in [5.41, 5.74) is 1.64. The van der Waals surface area contributed by atoms with Crippen LogP contribution in [0.25, 0.3) is 0 Å². The molecule has 0 unspecified atom stereocenters. The van der Waals surface area contributed by atoms with Gasteiger partial charge in [-0.25, -0.2) is 0 Å². The SMILES string of the molecule is Cc1c(NC=O)cccc1B(O)O. The molecule has 0 fully saturated rings. The summed E-state index contributed by atoms with van der Waals surface area (Å²) < 4.78 is 0. The van der Waals surface area contributed by atoms with Crippen LogP contribution >= 0.6 is 0 Å². The highest BCUT2D eigenvalue weighted by Crippen LogP contribution is 2.10. The Bertz CT molecular complexity index is 314. The van der Waals surface area contributed by atoms with Crippen LogP contribution in [0.15, 0.2) is 18.2 Å². The minimum absolute atomic E-state index is 0.395. The van der Waals surface area contributed by atoms with Crippen LogP contribution < -0.4 is 10.8 Å². The second-order valence-corrected chi connectivity index (χ2v) is 2.66. The van der Waals surface area contributed by atoms with Gasteiger partial charge >= 0.3 is 7.12 Å². The van der Waals surface area contributed by atoms with Crippen molar-refractivity contribution in [2.75, 3.05) is 5.32 Å². The van der Waals surface area contributed by atoms with Gasteiger partial charge in [-0.1, -0.05) is 12.1 Å². The number of nitrogens with one attached hydrogen (secondary N) is 1. The third-order valence-corrected chi connectivity index (χ3v) is 1.87. The van der Waals surface area contributed by atoms with Gasteiger partial charge in [-0.2, -0.15) is 0 Å². The van der Waals surface area contributed by atoms with Crippen LogP contribution in [0, 0.1) is 6.92 Å². The summed E-state index contributed by atoms with van der Waals surface area (Å²) in [6, 6.07) is 4.93. The van der Waals surface area contributed by atoms with E-state index in [2.05, 4.69) is 5.32 Å². The van der Waals surface area contributed by atoms with Gasteiger partial charge in [0.25, 0.3) is 0 Å². The smallest absolute Gasteiger partial charge is 0.423 e. The van der Waals surface area contributed by atoms with Gasteiger partial charge in [0.05, 0.1) is 0 Å². The molecular weight excluding hydrogens is 169 g/mol. The number of carbonyl (C=O) groups is 1. The lowest BCUT2D eigenvalue weighted by Crippen LogP contribution is -2.32. The number of amides is 1. The largest absolute Gasteiger partial charge is 0.488 e. The van der Waals surface area contributed by atoms with Gasteiger partial charge in [-0.05, 0) is 24.0 Å². The Morgan fingerprint density at radius 1 is 1.46 bits per heavy atom. The van der Waals surface area contributed by atoms with Crippen LogP contribution in [0.1, 0.15) is 5.56 Å². The van der Waals surface area contributed by atoms with Crippen molar-refractivity contribution < 1.29 is 14.8 Å². The number of hydrogen-bond acceptors (Lipinski definition) is 3. The van der Waals surface area contributed by atoms with Crippen molar-refractivity contribution in [1.29, 1.82) is 0 Å². The quantitative estimate of drug-likeness (QED) is 0.422. The van der Waals surface area contributed by atoms with Gasteiger partial charge in [0.1, 0.15) is 0 Å². The minimum atomic E-state index is -1.51. The summed E-state index contributed by atoms with van der Waals surface area (Å²) in [4.78, 5) is 10.2. The maximum absolute atomic E-state index is 10.2. The van der Waals surface area contributed by atoms with Crippen molar-refractivity contribution in [3.8, 4) is 0 Å². The van der Waals surface area contributed by atoms with Gasteiger partial charge in [-0.15, -0.1) is 0 Å². The Hall–Kier alpha value is -1.33. The van der Waals surface area contributed by atoms with Crippen LogP contribution in [0.3, 0.4) is 0 Å². The summed E-state index contributed by atoms with van der Waals surface area (Å²) in [7, 11) is -1.51. The van der Waals surface area contributed by atoms with Gasteiger partial charge in [0, 0.05) is 5.69 Å². The molecule has 3 N–H and O–H groups in total. The lowest BCUT2D eigenvalue weighted by molar-refractivity contribution is -0.105. The molecule has 1 aromatic rings. The van der Waals surface area contributed by atoms with E-state index in [4.69, 9.17) is 10.0 Å². The number of carbonyl (C=O) groups excluding carboxylic acids is 1. The molecule has 0 atom stereocenters. The minimum Gasteiger partial charge on any atom is -0.423 e. The van der Waals surface area contributed by atoms with Crippen molar-refractivity contribution in [2.45, 2.75) is 6.92 Å². The molecule has 13 heavy (non-hydrogen) atoms. The van der Waals surface area contributed by atoms with E-state index < -0.39 is 7.12 Å². The van der Waals surface area contributed by atoms with E-state index >= 15 is 0 Å². The fourth-order valence-corrected chi connectivity index (χ4v) is 1.15. The molecule has 0 aliphatic rings. The third-order valence-electron chi connectivity index (χ3n) is 1.87. The molecular formula is C8H10BNO3. The van der Waals surface area contributed by atoms with E-state index in [0.29, 0.717) is 23.1 Å². The zero-order valence-corrected chi connectivity index (χ0v) is 7.19. The first kappa shape index (κ1) is 9.76. The molecule has 1 aromatic carbocycles. The first-order chi connectivity index (χ1) is 6.16. The first-order valence-corrected chi connectivity index (χ1v) is 3.82. The first-order valence-electron chi connectivity index (χ1n) is 3.82. The van der Waals surface area contributed by atoms with E-state index in [9.17, 15) is 4.79 Å². The number of anilines is 1. The molecule has 0 saturated heterocycles. The van der Waals surface area contributed by atoms with Crippen molar-refractivity contribution in [3.05, 3.63) is 23.8 Å². The van der Waals surface area contributed by atoms with Gasteiger partial charge < -0.3 is 15.4 Å². The summed E-state index contributed by atoms with van der Waals surface area (Å²) in [6.45, 7) is 1.71. The Labute approximate surface area is 76.4 Å². The monoisotopic (exact) mass is 179 g/mol. The van der Waals surface area contributed by atoms with Gasteiger partial charge in [-0.3, -0.25) is 4.79 Å². The maximum Gasteiger partial charge on any atom is 0.488 e. The van der Waals surface area contributed by atoms with Gasteiger partial charge in [0.15, 0.2) is 0 Å². The number of rotatable bonds is 3. The molecule has 0 spiro atoms. The Morgan fingerprint density at radius 2 is 2.15 bits per heavy atom. The number of benzene rings is 1. The molecule has 5 heteroatoms. The van der Waals surface area contributed by atoms with Crippen LogP contribution in [-0.2, 0) is 4.79 Å². The van der Waals surface area contributed by atoms with Crippen molar-refractivity contribution in [3.63, 3.8) is 0 Å². The normalized spacial score (nSPS) is 9.46. The molecule has 0 aliphatic heterocycles. The van der Waals surface area contributed by atoms with Crippen LogP contribution in [0.5, 0.6) is 0 Å². The van der Waals surface area contributed by atoms with Crippen molar-refractivity contribution in [1.82, 2.24) is 0 Å². The maximum atomic E-state index is 10.2. The highest BCUT2D eigenvalue weighted by molar-refractivity contribution is 6.59. The van der Waals surface area contributed by atoms with Crippen LogP contribution in [0.2, 0.25) is 0 Å². The highest BCUT2D eigenvalue weighted by atomic mass is 16.4. The highest BCUT2D eigenvalue weighted by Gasteiger charge is 2.14. The summed E-state index contributed by atoms with van der Waals surface area (Å²) in [5, 5.41) is 20.3. The average molecular weight is 179 g/mol. The predicted octanol–water partition coefficient (Wildman–Crippen LogP) is -0.757. The molecule has 0 aromatic heterocycles. The molecule has 1 rings (SSSR count). The Kier molecular flexibility index (Phi) is 3.05. The summed E-state index contributed by atoms with van der Waals surface area (Å²) >= 11 is 0. The lowest BCUT2D eigenvalue weighted by atomic mass is 9.77. The lowest BCUT2D eigenvalue weighted by Gasteiger charge is -2.08. The molecule has 0 saturated carbocycles. The summed E-state index contributed by atoms with van der Waals surface area (Å²) in [6.07, 6.45) is 0.551. The topological polar surface area (TPSA) is 69.6 Å². The zero-order valence-electron chi connectivity index (χ0n) is 7.19. The second kappa shape index (κ2) is 4.07. The fourth-order valence-electron chi connectivity index (χ4n) is 1.15. The Morgan fingerprint density at radius 3 is 2.69 bits per heavy atom. The Balaban J connectivity index is 3.10. The van der Waals surface area contributed by atoms with Gasteiger partial charge in [0.2, 0.25) is 6.41 Å². The van der Waals surface area contributed by atoms with E-state index in [1.165, 1.54) is 0 Å². The molecule has 0 radical (unpaired) electrons. The van der Waals surface area contributed by atoms with Crippen molar-refractivity contribution >= 4 is 24.7 Å². The third kappa shape index (κ3) is 2.08. The van der Waals surface area contributed by atoms with Crippen molar-refractivity contribution in [2.24, 2.45) is 0 Å². The van der Waals surface area contributed by atoms with Crippen LogP contribution in [0.4, 0.5) is 5.69 Å². The van der Waals surface area contributed by atoms with E-state index in [0.717, 1.165) is 0 Å². The molecule has 0 heterocycles. The number of hydrogen-bond donors (Lipinski definition) is 3. The van der Waals surface area contributed by atoms with E-state index in [1.807, 2.05) is 0 Å². The standard InChI is InChI=1S/C8H10BNO3/c1-6-7(9(12)13)3-2-4-8(6)10-5-11/h2-5,12-13H,1H3,(H,10,11). The zero-order chi connectivity index (χ0) is 9.84. The molecule has 1 amide bonds. The van der Waals surface area contributed by atoms with E-state index in [-0.39, 0.29) is 0 Å². The predicted molar refractivity (Wildman–Crippen MR) is 50.7 cm³/mol. The summed E-state index contributed by atoms with van der Waals surface area (Å²) in [5.74, 6) is 0. The molecule has 68 valence electrons. The second-order valence-electron chi connectivity index (χ2n) is 2.66.